The molecule has 4 nitrogen and oxygen atoms in total. The first kappa shape index (κ1) is 19.8. The summed E-state index contributed by atoms with van der Waals surface area (Å²) >= 11 is 0. The zero-order chi connectivity index (χ0) is 21.3. The highest BCUT2D eigenvalue weighted by Gasteiger charge is 2.20. The molecule has 0 aliphatic heterocycles. The van der Waals surface area contributed by atoms with Gasteiger partial charge < -0.3 is 9.88 Å². The summed E-state index contributed by atoms with van der Waals surface area (Å²) in [6, 6.07) is 19.9. The van der Waals surface area contributed by atoms with Crippen LogP contribution in [0, 0.1) is 19.7 Å². The van der Waals surface area contributed by atoms with Gasteiger partial charge in [0.05, 0.1) is 23.6 Å². The molecule has 4 rings (SSSR count). The molecule has 0 bridgehead atoms. The molecule has 1 N–H and O–H groups in total. The molecule has 1 amide bonds. The predicted molar refractivity (Wildman–Crippen MR) is 117 cm³/mol. The zero-order valence-corrected chi connectivity index (χ0v) is 17.3. The van der Waals surface area contributed by atoms with E-state index in [1.54, 1.807) is 12.1 Å². The van der Waals surface area contributed by atoms with Crippen molar-refractivity contribution in [1.29, 1.82) is 0 Å². The van der Waals surface area contributed by atoms with E-state index in [1.165, 1.54) is 6.07 Å². The molecule has 1 aromatic heterocycles. The number of benzene rings is 3. The van der Waals surface area contributed by atoms with Crippen molar-refractivity contribution in [3.63, 3.8) is 0 Å². The fourth-order valence-electron chi connectivity index (χ4n) is 3.80. The summed E-state index contributed by atoms with van der Waals surface area (Å²) in [6.07, 6.45) is 0. The van der Waals surface area contributed by atoms with Gasteiger partial charge in [-0.05, 0) is 50.6 Å². The Morgan fingerprint density at radius 3 is 2.57 bits per heavy atom. The lowest BCUT2D eigenvalue weighted by molar-refractivity contribution is 0.0937. The van der Waals surface area contributed by atoms with Gasteiger partial charge in [-0.15, -0.1) is 0 Å². The average molecular weight is 401 g/mol. The predicted octanol–water partition coefficient (Wildman–Crippen LogP) is 5.33. The second kappa shape index (κ2) is 8.11. The fourth-order valence-corrected chi connectivity index (χ4v) is 3.80. The van der Waals surface area contributed by atoms with Crippen molar-refractivity contribution < 1.29 is 9.18 Å². The Morgan fingerprint density at radius 2 is 1.80 bits per heavy atom. The van der Waals surface area contributed by atoms with E-state index in [0.29, 0.717) is 23.5 Å². The second-order valence-electron chi connectivity index (χ2n) is 7.65. The summed E-state index contributed by atoms with van der Waals surface area (Å²) in [4.78, 5) is 17.6. The van der Waals surface area contributed by atoms with Crippen LogP contribution in [-0.2, 0) is 6.54 Å². The van der Waals surface area contributed by atoms with Crippen LogP contribution in [-0.4, -0.2) is 15.5 Å². The minimum Gasteiger partial charge on any atom is -0.342 e. The third-order valence-electron chi connectivity index (χ3n) is 5.33. The van der Waals surface area contributed by atoms with Gasteiger partial charge in [0.15, 0.2) is 0 Å². The zero-order valence-electron chi connectivity index (χ0n) is 17.3. The number of carbonyl (C=O) groups excluding carboxylic acids is 1. The molecule has 0 radical (unpaired) electrons. The van der Waals surface area contributed by atoms with E-state index in [-0.39, 0.29) is 17.8 Å². The number of rotatable bonds is 5. The van der Waals surface area contributed by atoms with Crippen LogP contribution in [0.25, 0.3) is 11.0 Å². The summed E-state index contributed by atoms with van der Waals surface area (Å²) in [5, 5.41) is 3.06. The number of aryl methyl sites for hydroxylation is 2. The molecule has 0 aliphatic rings. The summed E-state index contributed by atoms with van der Waals surface area (Å²) < 4.78 is 16.3. The number of hydrogen-bond acceptors (Lipinski definition) is 2. The van der Waals surface area contributed by atoms with Crippen LogP contribution < -0.4 is 5.32 Å². The van der Waals surface area contributed by atoms with Gasteiger partial charge in [-0.2, -0.15) is 0 Å². The van der Waals surface area contributed by atoms with Crippen molar-refractivity contribution in [3.05, 3.63) is 101 Å². The van der Waals surface area contributed by atoms with E-state index >= 15 is 0 Å². The van der Waals surface area contributed by atoms with Crippen LogP contribution >= 0.6 is 0 Å². The molecular formula is C25H24FN3O. The van der Waals surface area contributed by atoms with Gasteiger partial charge in [-0.25, -0.2) is 9.37 Å². The minimum atomic E-state index is -0.350. The van der Waals surface area contributed by atoms with Crippen molar-refractivity contribution >= 4 is 16.9 Å². The standard InChI is InChI=1S/C25H24FN3O/c1-16-12-13-20(17(2)14-16)25(30)27-18(3)24-28-22-10-6-7-11-23(22)29(24)15-19-8-4-5-9-21(19)26/h4-14,18H,15H2,1-3H3,(H,27,30). The van der Waals surface area contributed by atoms with E-state index in [0.717, 1.165) is 22.2 Å². The smallest absolute Gasteiger partial charge is 0.252 e. The minimum absolute atomic E-state index is 0.149. The van der Waals surface area contributed by atoms with E-state index in [9.17, 15) is 9.18 Å². The quantitative estimate of drug-likeness (QED) is 0.491. The Balaban J connectivity index is 1.69. The topological polar surface area (TPSA) is 46.9 Å². The summed E-state index contributed by atoms with van der Waals surface area (Å²) in [7, 11) is 0. The molecule has 1 atom stereocenters. The van der Waals surface area contributed by atoms with Crippen molar-refractivity contribution in [2.75, 3.05) is 0 Å². The van der Waals surface area contributed by atoms with Crippen LogP contribution in [0.4, 0.5) is 4.39 Å². The largest absolute Gasteiger partial charge is 0.342 e. The van der Waals surface area contributed by atoms with Gasteiger partial charge in [-0.1, -0.05) is 48.0 Å². The highest BCUT2D eigenvalue weighted by molar-refractivity contribution is 5.96. The van der Waals surface area contributed by atoms with E-state index in [2.05, 4.69) is 5.32 Å². The first-order chi connectivity index (χ1) is 14.4. The average Bonchev–Trinajstić information content (AvgIpc) is 3.08. The molecule has 5 heteroatoms. The Morgan fingerprint density at radius 1 is 1.07 bits per heavy atom. The maximum atomic E-state index is 14.3. The lowest BCUT2D eigenvalue weighted by Gasteiger charge is -2.17. The first-order valence-electron chi connectivity index (χ1n) is 10.0. The molecule has 0 fully saturated rings. The molecule has 4 aromatic rings. The molecule has 30 heavy (non-hydrogen) atoms. The van der Waals surface area contributed by atoms with Crippen LogP contribution in [0.1, 0.15) is 45.8 Å². The van der Waals surface area contributed by atoms with E-state index < -0.39 is 0 Å². The number of hydrogen-bond donors (Lipinski definition) is 1. The number of fused-ring (bicyclic) bond motifs is 1. The highest BCUT2D eigenvalue weighted by atomic mass is 19.1. The highest BCUT2D eigenvalue weighted by Crippen LogP contribution is 2.23. The molecule has 0 aliphatic carbocycles. The van der Waals surface area contributed by atoms with Gasteiger partial charge in [-0.3, -0.25) is 4.79 Å². The van der Waals surface area contributed by atoms with Crippen LogP contribution in [0.2, 0.25) is 0 Å². The van der Waals surface area contributed by atoms with Crippen molar-refractivity contribution in [1.82, 2.24) is 14.9 Å². The van der Waals surface area contributed by atoms with Gasteiger partial charge in [0.2, 0.25) is 0 Å². The van der Waals surface area contributed by atoms with Gasteiger partial charge in [0.25, 0.3) is 5.91 Å². The molecule has 1 unspecified atom stereocenters. The van der Waals surface area contributed by atoms with E-state index in [1.807, 2.05) is 73.9 Å². The number of carbonyl (C=O) groups is 1. The molecular weight excluding hydrogens is 377 g/mol. The van der Waals surface area contributed by atoms with E-state index in [4.69, 9.17) is 4.98 Å². The normalized spacial score (nSPS) is 12.1. The Bertz CT molecular complexity index is 1230. The number of nitrogens with one attached hydrogen (secondary N) is 1. The number of halogens is 1. The van der Waals surface area contributed by atoms with Crippen LogP contribution in [0.3, 0.4) is 0 Å². The molecule has 0 saturated carbocycles. The number of imidazole rings is 1. The van der Waals surface area contributed by atoms with Crippen molar-refractivity contribution in [3.8, 4) is 0 Å². The maximum absolute atomic E-state index is 14.3. The summed E-state index contributed by atoms with van der Waals surface area (Å²) in [5.41, 5.74) is 4.99. The van der Waals surface area contributed by atoms with Crippen LogP contribution in [0.15, 0.2) is 66.7 Å². The van der Waals surface area contributed by atoms with Gasteiger partial charge in [0.1, 0.15) is 11.6 Å². The maximum Gasteiger partial charge on any atom is 0.252 e. The van der Waals surface area contributed by atoms with Gasteiger partial charge in [0, 0.05) is 11.1 Å². The Hall–Kier alpha value is -3.47. The SMILES string of the molecule is Cc1ccc(C(=O)NC(C)c2nc3ccccc3n2Cc2ccccc2F)c(C)c1. The van der Waals surface area contributed by atoms with Crippen molar-refractivity contribution in [2.24, 2.45) is 0 Å². The monoisotopic (exact) mass is 401 g/mol. The van der Waals surface area contributed by atoms with Crippen molar-refractivity contribution in [2.45, 2.75) is 33.4 Å². The number of nitrogens with zero attached hydrogens (tertiary/aromatic N) is 2. The Labute approximate surface area is 175 Å². The third kappa shape index (κ3) is 3.83. The number of para-hydroxylation sites is 2. The summed E-state index contributed by atoms with van der Waals surface area (Å²) in [5.74, 6) is 0.287. The Kier molecular flexibility index (Phi) is 5.36. The lowest BCUT2D eigenvalue weighted by atomic mass is 10.0. The molecule has 0 spiro atoms. The summed E-state index contributed by atoms with van der Waals surface area (Å²) in [6.45, 7) is 6.18. The first-order valence-corrected chi connectivity index (χ1v) is 10.0. The van der Waals surface area contributed by atoms with Gasteiger partial charge >= 0.3 is 0 Å². The molecule has 0 saturated heterocycles. The molecule has 3 aromatic carbocycles. The third-order valence-corrected chi connectivity index (χ3v) is 5.33. The molecule has 1 heterocycles. The number of amides is 1. The fraction of sp³-hybridized carbons (Fsp3) is 0.200. The van der Waals surface area contributed by atoms with Crippen LogP contribution in [0.5, 0.6) is 0 Å². The molecule has 152 valence electrons. The second-order valence-corrected chi connectivity index (χ2v) is 7.65. The lowest BCUT2D eigenvalue weighted by Crippen LogP contribution is -2.29. The number of aromatic nitrogens is 2.